The number of carbonyl (C=O) groups is 4. The van der Waals surface area contributed by atoms with E-state index in [1.807, 2.05) is 11.0 Å². The lowest BCUT2D eigenvalue weighted by Crippen LogP contribution is -2.60. The molecule has 0 bridgehead atoms. The minimum atomic E-state index is -4.63. The van der Waals surface area contributed by atoms with Crippen LogP contribution in [0.15, 0.2) is 54.7 Å². The molecule has 4 amide bonds. The summed E-state index contributed by atoms with van der Waals surface area (Å²) < 4.78 is 46.5. The number of amides is 4. The number of nitrogens with one attached hydrogen (secondary N) is 2. The van der Waals surface area contributed by atoms with Gasteiger partial charge in [-0.15, -0.1) is 0 Å². The highest BCUT2D eigenvalue weighted by Crippen LogP contribution is 2.38. The zero-order chi connectivity index (χ0) is 42.3. The van der Waals surface area contributed by atoms with E-state index in [-0.39, 0.29) is 41.2 Å². The van der Waals surface area contributed by atoms with E-state index in [0.29, 0.717) is 55.7 Å². The number of aromatic nitrogens is 1. The largest absolute Gasteiger partial charge is 0.493 e. The number of likely N-dealkylation sites (tertiary alicyclic amines) is 1. The fraction of sp³-hybridized carbons (Fsp3) is 0.488. The van der Waals surface area contributed by atoms with Gasteiger partial charge in [0.25, 0.3) is 11.8 Å². The Morgan fingerprint density at radius 2 is 1.65 bits per heavy atom. The third-order valence-electron chi connectivity index (χ3n) is 12.5. The molecule has 316 valence electrons. The predicted molar refractivity (Wildman–Crippen MR) is 213 cm³/mol. The summed E-state index contributed by atoms with van der Waals surface area (Å²) in [5.41, 5.74) is 0.553. The van der Waals surface area contributed by atoms with Gasteiger partial charge in [-0.1, -0.05) is 6.92 Å². The van der Waals surface area contributed by atoms with Crippen molar-refractivity contribution in [2.24, 2.45) is 17.3 Å². The van der Waals surface area contributed by atoms with Crippen LogP contribution in [0.4, 0.5) is 30.4 Å². The van der Waals surface area contributed by atoms with Crippen LogP contribution in [0.1, 0.15) is 77.3 Å². The summed E-state index contributed by atoms with van der Waals surface area (Å²) in [6, 6.07) is 13.0. The number of ether oxygens (including phenoxy) is 1. The second-order valence-electron chi connectivity index (χ2n) is 17.0. The van der Waals surface area contributed by atoms with E-state index in [1.165, 1.54) is 12.1 Å². The molecule has 60 heavy (non-hydrogen) atoms. The van der Waals surface area contributed by atoms with Crippen LogP contribution in [-0.4, -0.2) is 108 Å². The number of hydrogen-bond acceptors (Lipinski definition) is 11. The van der Waals surface area contributed by atoms with E-state index in [9.17, 15) is 37.5 Å². The molecule has 0 spiro atoms. The Bertz CT molecular complexity index is 2190. The van der Waals surface area contributed by atoms with Crippen molar-refractivity contribution in [2.45, 2.75) is 63.9 Å². The molecular weight excluding hydrogens is 782 g/mol. The van der Waals surface area contributed by atoms with Crippen molar-refractivity contribution < 1.29 is 42.2 Å². The number of piperidine rings is 3. The molecule has 2 unspecified atom stereocenters. The highest BCUT2D eigenvalue weighted by molar-refractivity contribution is 6.23. The summed E-state index contributed by atoms with van der Waals surface area (Å²) in [5, 5.41) is 24.1. The molecule has 5 aliphatic heterocycles. The van der Waals surface area contributed by atoms with Crippen molar-refractivity contribution in [1.82, 2.24) is 20.1 Å². The molecule has 6 heterocycles. The molecular formula is C43H47F3N8O6. The molecule has 0 radical (unpaired) electrons. The summed E-state index contributed by atoms with van der Waals surface area (Å²) in [4.78, 5) is 63.8. The van der Waals surface area contributed by atoms with Crippen molar-refractivity contribution in [1.29, 1.82) is 5.26 Å². The van der Waals surface area contributed by atoms with E-state index in [2.05, 4.69) is 32.3 Å². The molecule has 17 heteroatoms. The van der Waals surface area contributed by atoms with Gasteiger partial charge in [-0.3, -0.25) is 24.1 Å². The minimum absolute atomic E-state index is 0.109. The number of pyridine rings is 1. The molecule has 1 aromatic heterocycles. The maximum Gasteiger partial charge on any atom is 0.417 e. The zero-order valence-corrected chi connectivity index (χ0v) is 33.2. The quantitative estimate of drug-likeness (QED) is 0.244. The van der Waals surface area contributed by atoms with Gasteiger partial charge in [0.05, 0.1) is 46.8 Å². The average molecular weight is 829 g/mol. The molecule has 4 saturated heterocycles. The Kier molecular flexibility index (Phi) is 11.2. The van der Waals surface area contributed by atoms with Crippen LogP contribution in [0.25, 0.3) is 0 Å². The average Bonchev–Trinajstić information content (AvgIpc) is 3.47. The lowest BCUT2D eigenvalue weighted by molar-refractivity contribution is -0.137. The number of hydrogen-bond donors (Lipinski definition) is 3. The second-order valence-corrected chi connectivity index (χ2v) is 17.0. The molecule has 2 atom stereocenters. The molecule has 2 aromatic carbocycles. The van der Waals surface area contributed by atoms with Gasteiger partial charge < -0.3 is 35.2 Å². The third-order valence-corrected chi connectivity index (χ3v) is 12.5. The van der Waals surface area contributed by atoms with Gasteiger partial charge in [0.15, 0.2) is 0 Å². The van der Waals surface area contributed by atoms with E-state index in [4.69, 9.17) is 10.00 Å². The van der Waals surface area contributed by atoms with Crippen molar-refractivity contribution in [3.63, 3.8) is 0 Å². The van der Waals surface area contributed by atoms with Gasteiger partial charge in [-0.25, -0.2) is 4.98 Å². The van der Waals surface area contributed by atoms with Crippen LogP contribution in [0.5, 0.6) is 5.75 Å². The Morgan fingerprint density at radius 3 is 2.32 bits per heavy atom. The lowest BCUT2D eigenvalue weighted by atomic mass is 9.80. The lowest BCUT2D eigenvalue weighted by Gasteiger charge is -2.52. The van der Waals surface area contributed by atoms with Crippen molar-refractivity contribution in [3.05, 3.63) is 77.0 Å². The van der Waals surface area contributed by atoms with E-state index in [1.54, 1.807) is 36.5 Å². The Labute approximate surface area is 345 Å². The molecule has 0 aliphatic carbocycles. The van der Waals surface area contributed by atoms with Gasteiger partial charge in [-0.05, 0) is 106 Å². The number of carbonyl (C=O) groups excluding carboxylic acids is 4. The summed E-state index contributed by atoms with van der Waals surface area (Å²) >= 11 is 0. The SMILES string of the molecule is CC1(CN2CCC(COc3ccc4c(c3)C(=O)N(C3CCC(O)NC3=O)C4=O)CC2)CN(c2ccc(NC(=O)C3CCN(c4ccc(C#N)c(C(F)(F)F)c4)CC3)nc2)C1. The van der Waals surface area contributed by atoms with Crippen LogP contribution in [0.3, 0.4) is 0 Å². The van der Waals surface area contributed by atoms with Gasteiger partial charge in [0.1, 0.15) is 23.8 Å². The molecule has 8 rings (SSSR count). The van der Waals surface area contributed by atoms with Crippen molar-refractivity contribution in [2.75, 3.05) is 67.5 Å². The Hall–Kier alpha value is -5.73. The van der Waals surface area contributed by atoms with Crippen LogP contribution in [0, 0.1) is 28.6 Å². The fourth-order valence-electron chi connectivity index (χ4n) is 9.20. The van der Waals surface area contributed by atoms with Gasteiger partial charge in [-0.2, -0.15) is 18.4 Å². The first-order valence-electron chi connectivity index (χ1n) is 20.4. The number of aliphatic hydroxyl groups excluding tert-OH is 1. The molecule has 0 saturated carbocycles. The topological polar surface area (TPSA) is 171 Å². The minimum Gasteiger partial charge on any atom is -0.493 e. The van der Waals surface area contributed by atoms with E-state index >= 15 is 0 Å². The monoisotopic (exact) mass is 828 g/mol. The first-order valence-corrected chi connectivity index (χ1v) is 20.4. The number of alkyl halides is 3. The number of rotatable bonds is 10. The van der Waals surface area contributed by atoms with Crippen LogP contribution in [-0.2, 0) is 15.8 Å². The van der Waals surface area contributed by atoms with Gasteiger partial charge in [0, 0.05) is 49.7 Å². The number of benzene rings is 2. The van der Waals surface area contributed by atoms with E-state index < -0.39 is 47.3 Å². The van der Waals surface area contributed by atoms with Gasteiger partial charge in [0.2, 0.25) is 11.8 Å². The number of fused-ring (bicyclic) bond motifs is 1. The number of imide groups is 1. The first kappa shape index (κ1) is 41.0. The summed E-state index contributed by atoms with van der Waals surface area (Å²) in [6.45, 7) is 8.19. The maximum atomic E-state index is 13.5. The predicted octanol–water partition coefficient (Wildman–Crippen LogP) is 4.64. The van der Waals surface area contributed by atoms with Gasteiger partial charge >= 0.3 is 6.18 Å². The molecule has 5 aliphatic rings. The first-order chi connectivity index (χ1) is 28.7. The normalized spacial score (nSPS) is 22.5. The standard InChI is InChI=1S/C43H47F3N8O6/c1-42(23-51-14-10-26(11-15-51)22-60-31-5-6-32-33(19-31)41(59)54(40(32)58)35-7-9-37(55)50-39(35)57)24-53(25-42)30-4-8-36(48-21-30)49-38(56)27-12-16-52(17-13-27)29-3-2-28(20-47)34(18-29)43(44,45)46/h2-6,8,18-19,21,26-27,35,37,55H,7,9-17,22-25H2,1H3,(H,50,57)(H,48,49,56). The number of nitriles is 1. The van der Waals surface area contributed by atoms with Crippen molar-refractivity contribution in [3.8, 4) is 11.8 Å². The highest BCUT2D eigenvalue weighted by Gasteiger charge is 2.45. The number of aliphatic hydroxyl groups is 1. The number of halogens is 3. The second kappa shape index (κ2) is 16.4. The van der Waals surface area contributed by atoms with Crippen LogP contribution >= 0.6 is 0 Å². The smallest absolute Gasteiger partial charge is 0.417 e. The number of anilines is 3. The van der Waals surface area contributed by atoms with Crippen LogP contribution < -0.4 is 25.2 Å². The highest BCUT2D eigenvalue weighted by atomic mass is 19.4. The summed E-state index contributed by atoms with van der Waals surface area (Å²) in [5.74, 6) is -0.770. The van der Waals surface area contributed by atoms with E-state index in [0.717, 1.165) is 62.2 Å². The fourth-order valence-corrected chi connectivity index (χ4v) is 9.20. The molecule has 3 N–H and O–H groups in total. The molecule has 14 nitrogen and oxygen atoms in total. The van der Waals surface area contributed by atoms with Crippen LogP contribution in [0.2, 0.25) is 0 Å². The summed E-state index contributed by atoms with van der Waals surface area (Å²) in [7, 11) is 0. The Balaban J connectivity index is 0.746. The molecule has 3 aromatic rings. The maximum absolute atomic E-state index is 13.5. The third kappa shape index (κ3) is 8.48. The summed E-state index contributed by atoms with van der Waals surface area (Å²) in [6.07, 6.45) is -0.506. The number of nitrogens with zero attached hydrogens (tertiary/aromatic N) is 6. The molecule has 4 fully saturated rings. The van der Waals surface area contributed by atoms with Crippen molar-refractivity contribution >= 4 is 40.8 Å². The Morgan fingerprint density at radius 1 is 0.933 bits per heavy atom. The zero-order valence-electron chi connectivity index (χ0n) is 33.2.